The van der Waals surface area contributed by atoms with Gasteiger partial charge in [-0.05, 0) is 74.2 Å². The fraction of sp³-hybridized carbons (Fsp3) is 0.810. The minimum atomic E-state index is -0.129. The molecule has 0 aromatic carbocycles. The third-order valence-electron chi connectivity index (χ3n) is 8.18. The van der Waals surface area contributed by atoms with E-state index in [2.05, 4.69) is 13.8 Å². The van der Waals surface area contributed by atoms with Crippen LogP contribution in [0.3, 0.4) is 0 Å². The first-order valence-corrected chi connectivity index (χ1v) is 9.76. The molecule has 0 aromatic rings. The van der Waals surface area contributed by atoms with Crippen molar-refractivity contribution in [2.45, 2.75) is 78.2 Å². The zero-order valence-corrected chi connectivity index (χ0v) is 15.3. The van der Waals surface area contributed by atoms with Gasteiger partial charge in [0, 0.05) is 18.8 Å². The van der Waals surface area contributed by atoms with Crippen LogP contribution in [0.4, 0.5) is 0 Å². The van der Waals surface area contributed by atoms with Crippen LogP contribution < -0.4 is 0 Å². The smallest absolute Gasteiger partial charge is 0.302 e. The van der Waals surface area contributed by atoms with Crippen molar-refractivity contribution in [3.8, 4) is 0 Å². The normalized spacial score (nSPS) is 47.3. The van der Waals surface area contributed by atoms with E-state index in [9.17, 15) is 9.59 Å². The lowest BCUT2D eigenvalue weighted by atomic mass is 9.47. The van der Waals surface area contributed by atoms with Gasteiger partial charge in [-0.15, -0.1) is 0 Å². The molecule has 3 nitrogen and oxygen atoms in total. The molecule has 0 bridgehead atoms. The van der Waals surface area contributed by atoms with Crippen molar-refractivity contribution in [1.82, 2.24) is 0 Å². The van der Waals surface area contributed by atoms with Crippen molar-refractivity contribution in [3.63, 3.8) is 0 Å². The number of carbonyl (C=O) groups is 2. The van der Waals surface area contributed by atoms with Gasteiger partial charge in [-0.3, -0.25) is 9.59 Å². The van der Waals surface area contributed by atoms with E-state index in [4.69, 9.17) is 4.74 Å². The minimum Gasteiger partial charge on any atom is -0.462 e. The summed E-state index contributed by atoms with van der Waals surface area (Å²) in [5.74, 6) is 2.32. The molecule has 6 unspecified atom stereocenters. The van der Waals surface area contributed by atoms with E-state index >= 15 is 0 Å². The second-order valence-corrected chi connectivity index (χ2v) is 9.19. The van der Waals surface area contributed by atoms with Crippen molar-refractivity contribution >= 4 is 11.8 Å². The average Bonchev–Trinajstić information content (AvgIpc) is 2.84. The Balaban J connectivity index is 1.62. The highest BCUT2D eigenvalue weighted by Crippen LogP contribution is 2.65. The lowest BCUT2D eigenvalue weighted by Gasteiger charge is -2.57. The number of hydrogen-bond acceptors (Lipinski definition) is 3. The molecule has 0 amide bonds. The highest BCUT2D eigenvalue weighted by molar-refractivity contribution is 5.91. The van der Waals surface area contributed by atoms with Gasteiger partial charge in [0.15, 0.2) is 5.78 Å². The van der Waals surface area contributed by atoms with Gasteiger partial charge in [-0.2, -0.15) is 0 Å². The molecule has 6 atom stereocenters. The number of ether oxygens (including phenoxy) is 1. The molecule has 0 radical (unpaired) electrons. The van der Waals surface area contributed by atoms with Gasteiger partial charge < -0.3 is 4.74 Å². The lowest BCUT2D eigenvalue weighted by Crippen LogP contribution is -2.51. The van der Waals surface area contributed by atoms with E-state index in [1.807, 2.05) is 6.08 Å². The zero-order chi connectivity index (χ0) is 17.1. The van der Waals surface area contributed by atoms with Crippen LogP contribution >= 0.6 is 0 Å². The predicted molar refractivity (Wildman–Crippen MR) is 92.3 cm³/mol. The highest BCUT2D eigenvalue weighted by Gasteiger charge is 2.59. The van der Waals surface area contributed by atoms with Crippen LogP contribution in [0.1, 0.15) is 72.1 Å². The minimum absolute atomic E-state index is 0.110. The molecular weight excluding hydrogens is 300 g/mol. The first-order chi connectivity index (χ1) is 11.3. The summed E-state index contributed by atoms with van der Waals surface area (Å²) in [4.78, 5) is 23.4. The van der Waals surface area contributed by atoms with Crippen molar-refractivity contribution < 1.29 is 14.3 Å². The van der Waals surface area contributed by atoms with Crippen LogP contribution in [0.25, 0.3) is 0 Å². The Labute approximate surface area is 145 Å². The lowest BCUT2D eigenvalue weighted by molar-refractivity contribution is -0.157. The maximum Gasteiger partial charge on any atom is 0.302 e. The summed E-state index contributed by atoms with van der Waals surface area (Å²) in [6.07, 6.45) is 10.8. The van der Waals surface area contributed by atoms with Gasteiger partial charge in [-0.1, -0.05) is 19.4 Å². The monoisotopic (exact) mass is 330 g/mol. The summed E-state index contributed by atoms with van der Waals surface area (Å²) in [5, 5.41) is 0. The van der Waals surface area contributed by atoms with Crippen LogP contribution in [-0.4, -0.2) is 17.9 Å². The Morgan fingerprint density at radius 2 is 1.88 bits per heavy atom. The maximum atomic E-state index is 11.9. The van der Waals surface area contributed by atoms with E-state index in [1.54, 1.807) is 6.92 Å². The van der Waals surface area contributed by atoms with E-state index in [0.29, 0.717) is 17.6 Å². The summed E-state index contributed by atoms with van der Waals surface area (Å²) in [6.45, 7) is 6.33. The molecule has 24 heavy (non-hydrogen) atoms. The Morgan fingerprint density at radius 3 is 2.62 bits per heavy atom. The van der Waals surface area contributed by atoms with Crippen molar-refractivity contribution in [2.24, 2.45) is 28.6 Å². The Kier molecular flexibility index (Phi) is 3.71. The molecule has 4 aliphatic carbocycles. The third-order valence-corrected chi connectivity index (χ3v) is 8.18. The molecule has 132 valence electrons. The number of esters is 1. The largest absolute Gasteiger partial charge is 0.462 e. The molecule has 3 heteroatoms. The molecule has 4 aliphatic rings. The second kappa shape index (κ2) is 5.44. The summed E-state index contributed by atoms with van der Waals surface area (Å²) in [6, 6.07) is 0. The Hall–Kier alpha value is -1.12. The standard InChI is InChI=1S/C21H30O3/c1-13(22)24-19-7-6-17-16-5-4-14-12-15(23)8-10-20(14,2)18(16)9-11-21(17,19)3/h12,16-19H,4-11H2,1-3H3. The van der Waals surface area contributed by atoms with Crippen LogP contribution in [0.2, 0.25) is 0 Å². The summed E-state index contributed by atoms with van der Waals surface area (Å²) in [5.41, 5.74) is 1.82. The molecule has 0 heterocycles. The molecule has 0 aliphatic heterocycles. The Morgan fingerprint density at radius 1 is 1.08 bits per heavy atom. The van der Waals surface area contributed by atoms with Gasteiger partial charge in [0.2, 0.25) is 0 Å². The first-order valence-electron chi connectivity index (χ1n) is 9.76. The molecule has 0 saturated heterocycles. The SMILES string of the molecule is CC(=O)OC1CCC2C3CCC4=CC(=O)CCC4(C)C3CCC12C. The Bertz CT molecular complexity index is 606. The van der Waals surface area contributed by atoms with E-state index in [0.717, 1.165) is 38.0 Å². The van der Waals surface area contributed by atoms with Crippen LogP contribution in [0.5, 0.6) is 0 Å². The molecule has 0 aromatic heterocycles. The molecule has 3 saturated carbocycles. The molecular formula is C21H30O3. The van der Waals surface area contributed by atoms with Crippen LogP contribution in [-0.2, 0) is 14.3 Å². The number of ketones is 1. The van der Waals surface area contributed by atoms with Crippen molar-refractivity contribution in [2.75, 3.05) is 0 Å². The van der Waals surface area contributed by atoms with E-state index in [1.165, 1.54) is 24.8 Å². The predicted octanol–water partition coefficient (Wildman–Crippen LogP) is 4.45. The molecule has 3 fully saturated rings. The van der Waals surface area contributed by atoms with Gasteiger partial charge in [0.1, 0.15) is 6.10 Å². The zero-order valence-electron chi connectivity index (χ0n) is 15.3. The number of rotatable bonds is 1. The fourth-order valence-corrected chi connectivity index (χ4v) is 6.91. The van der Waals surface area contributed by atoms with Crippen LogP contribution in [0.15, 0.2) is 11.6 Å². The first kappa shape index (κ1) is 16.4. The van der Waals surface area contributed by atoms with Gasteiger partial charge in [0.05, 0.1) is 0 Å². The highest BCUT2D eigenvalue weighted by atomic mass is 16.5. The van der Waals surface area contributed by atoms with Crippen molar-refractivity contribution in [3.05, 3.63) is 11.6 Å². The molecule has 4 rings (SSSR count). The van der Waals surface area contributed by atoms with E-state index < -0.39 is 0 Å². The van der Waals surface area contributed by atoms with Gasteiger partial charge in [-0.25, -0.2) is 0 Å². The summed E-state index contributed by atoms with van der Waals surface area (Å²) in [7, 11) is 0. The number of carbonyl (C=O) groups excluding carboxylic acids is 2. The van der Waals surface area contributed by atoms with Crippen LogP contribution in [0, 0.1) is 28.6 Å². The quantitative estimate of drug-likeness (QED) is 0.667. The van der Waals surface area contributed by atoms with Gasteiger partial charge in [0.25, 0.3) is 0 Å². The van der Waals surface area contributed by atoms with Crippen molar-refractivity contribution in [1.29, 1.82) is 0 Å². The maximum absolute atomic E-state index is 11.9. The number of hydrogen-bond donors (Lipinski definition) is 0. The third kappa shape index (κ3) is 2.23. The second-order valence-electron chi connectivity index (χ2n) is 9.19. The van der Waals surface area contributed by atoms with Gasteiger partial charge >= 0.3 is 5.97 Å². The topological polar surface area (TPSA) is 43.4 Å². The molecule has 0 spiro atoms. The number of allylic oxidation sites excluding steroid dienone is 1. The number of fused-ring (bicyclic) bond motifs is 5. The van der Waals surface area contributed by atoms with E-state index in [-0.39, 0.29) is 22.9 Å². The summed E-state index contributed by atoms with van der Waals surface area (Å²) < 4.78 is 5.71. The average molecular weight is 330 g/mol. The summed E-state index contributed by atoms with van der Waals surface area (Å²) >= 11 is 0. The fourth-order valence-electron chi connectivity index (χ4n) is 6.91. The molecule has 0 N–H and O–H groups in total.